The summed E-state index contributed by atoms with van der Waals surface area (Å²) in [6.07, 6.45) is -3.09. The number of aliphatic hydroxyl groups is 2. The highest BCUT2D eigenvalue weighted by Gasteiger charge is 2.28. The van der Waals surface area contributed by atoms with E-state index in [-0.39, 0.29) is 5.82 Å². The molecule has 6 heteroatoms. The number of aromatic nitrogens is 2. The molecule has 2 aromatic rings. The molecule has 17 heavy (non-hydrogen) atoms. The fourth-order valence-corrected chi connectivity index (χ4v) is 1.51. The van der Waals surface area contributed by atoms with Gasteiger partial charge in [-0.05, 0) is 12.1 Å². The van der Waals surface area contributed by atoms with Crippen LogP contribution in [0.15, 0.2) is 24.3 Å². The van der Waals surface area contributed by atoms with Gasteiger partial charge in [0.05, 0.1) is 18.1 Å². The molecular formula is C11H12N2O4. The Morgan fingerprint density at radius 2 is 2.12 bits per heavy atom. The smallest absolute Gasteiger partial charge is 0.337 e. The molecule has 0 unspecified atom stereocenters. The molecule has 3 N–H and O–H groups in total. The molecule has 0 aliphatic carbocycles. The molecule has 0 fully saturated rings. The number of hydrogen-bond donors (Lipinski definition) is 3. The van der Waals surface area contributed by atoms with Crippen LogP contribution < -0.4 is 0 Å². The molecule has 0 saturated carbocycles. The van der Waals surface area contributed by atoms with Crippen molar-refractivity contribution >= 4 is 17.0 Å². The number of nitrogens with zero attached hydrogens (tertiary/aromatic N) is 1. The van der Waals surface area contributed by atoms with Crippen LogP contribution >= 0.6 is 0 Å². The summed E-state index contributed by atoms with van der Waals surface area (Å²) in [7, 11) is 1.14. The van der Waals surface area contributed by atoms with E-state index in [1.165, 1.54) is 0 Å². The molecule has 0 saturated heterocycles. The molecule has 0 spiro atoms. The van der Waals surface area contributed by atoms with E-state index in [1.54, 1.807) is 18.2 Å². The van der Waals surface area contributed by atoms with Gasteiger partial charge in [-0.25, -0.2) is 9.78 Å². The monoisotopic (exact) mass is 236 g/mol. The van der Waals surface area contributed by atoms with Crippen LogP contribution in [-0.2, 0) is 9.53 Å². The van der Waals surface area contributed by atoms with Gasteiger partial charge in [0.15, 0.2) is 6.10 Å². The lowest BCUT2D eigenvalue weighted by Crippen LogP contribution is -2.29. The molecule has 90 valence electrons. The Kier molecular flexibility index (Phi) is 3.08. The number of hydrogen-bond acceptors (Lipinski definition) is 5. The molecule has 0 radical (unpaired) electrons. The van der Waals surface area contributed by atoms with Gasteiger partial charge in [0, 0.05) is 0 Å². The second-order valence-corrected chi connectivity index (χ2v) is 3.55. The predicted octanol–water partition coefficient (Wildman–Crippen LogP) is 0.130. The van der Waals surface area contributed by atoms with Gasteiger partial charge in [-0.2, -0.15) is 0 Å². The first-order chi connectivity index (χ1) is 8.13. The van der Waals surface area contributed by atoms with E-state index < -0.39 is 18.2 Å². The Balaban J connectivity index is 2.30. The van der Waals surface area contributed by atoms with Crippen molar-refractivity contribution in [2.75, 3.05) is 7.11 Å². The number of esters is 1. The molecule has 1 aromatic carbocycles. The largest absolute Gasteiger partial charge is 0.467 e. The number of ether oxygens (including phenoxy) is 1. The van der Waals surface area contributed by atoms with Crippen molar-refractivity contribution in [2.45, 2.75) is 12.2 Å². The number of nitrogens with one attached hydrogen (secondary N) is 1. The number of aliphatic hydroxyl groups excluding tert-OH is 2. The van der Waals surface area contributed by atoms with Gasteiger partial charge in [-0.3, -0.25) is 0 Å². The van der Waals surface area contributed by atoms with Crippen molar-refractivity contribution < 1.29 is 19.7 Å². The summed E-state index contributed by atoms with van der Waals surface area (Å²) in [5, 5.41) is 19.2. The molecule has 0 aliphatic rings. The highest BCUT2D eigenvalue weighted by atomic mass is 16.5. The molecule has 0 bridgehead atoms. The van der Waals surface area contributed by atoms with Crippen molar-refractivity contribution in [1.82, 2.24) is 9.97 Å². The SMILES string of the molecule is COC(=O)[C@@H](O)[C@@H](O)c1nc2ccccc2[nH]1. The van der Waals surface area contributed by atoms with Gasteiger partial charge in [0.2, 0.25) is 0 Å². The maximum atomic E-state index is 11.1. The van der Waals surface area contributed by atoms with Crippen LogP contribution in [0.2, 0.25) is 0 Å². The molecule has 2 atom stereocenters. The van der Waals surface area contributed by atoms with E-state index in [2.05, 4.69) is 14.7 Å². The van der Waals surface area contributed by atoms with Crippen molar-refractivity contribution in [2.24, 2.45) is 0 Å². The lowest BCUT2D eigenvalue weighted by atomic mass is 10.2. The summed E-state index contributed by atoms with van der Waals surface area (Å²) in [6, 6.07) is 7.15. The Bertz CT molecular complexity index is 504. The van der Waals surface area contributed by atoms with E-state index in [0.29, 0.717) is 5.52 Å². The lowest BCUT2D eigenvalue weighted by molar-refractivity contribution is -0.157. The zero-order chi connectivity index (χ0) is 12.4. The van der Waals surface area contributed by atoms with Gasteiger partial charge in [0.25, 0.3) is 0 Å². The summed E-state index contributed by atoms with van der Waals surface area (Å²) in [5.41, 5.74) is 1.37. The van der Waals surface area contributed by atoms with E-state index in [0.717, 1.165) is 12.6 Å². The quantitative estimate of drug-likeness (QED) is 0.658. The van der Waals surface area contributed by atoms with Crippen molar-refractivity contribution in [3.05, 3.63) is 30.1 Å². The summed E-state index contributed by atoms with van der Waals surface area (Å²) in [6.45, 7) is 0. The number of benzene rings is 1. The Hall–Kier alpha value is -1.92. The predicted molar refractivity (Wildman–Crippen MR) is 59.1 cm³/mol. The van der Waals surface area contributed by atoms with Crippen LogP contribution in [0.1, 0.15) is 11.9 Å². The van der Waals surface area contributed by atoms with Crippen molar-refractivity contribution in [3.8, 4) is 0 Å². The number of imidazole rings is 1. The molecule has 1 aromatic heterocycles. The minimum atomic E-state index is -1.65. The second kappa shape index (κ2) is 4.52. The Morgan fingerprint density at radius 1 is 1.41 bits per heavy atom. The van der Waals surface area contributed by atoms with Gasteiger partial charge in [0.1, 0.15) is 11.9 Å². The highest BCUT2D eigenvalue weighted by molar-refractivity contribution is 5.77. The average Bonchev–Trinajstić information content (AvgIpc) is 2.79. The van der Waals surface area contributed by atoms with Gasteiger partial charge in [-0.1, -0.05) is 12.1 Å². The normalized spacial score (nSPS) is 14.5. The highest BCUT2D eigenvalue weighted by Crippen LogP contribution is 2.18. The fourth-order valence-electron chi connectivity index (χ4n) is 1.51. The van der Waals surface area contributed by atoms with Crippen LogP contribution in [0.4, 0.5) is 0 Å². The lowest BCUT2D eigenvalue weighted by Gasteiger charge is -2.12. The van der Waals surface area contributed by atoms with Crippen LogP contribution in [0, 0.1) is 0 Å². The van der Waals surface area contributed by atoms with E-state index in [4.69, 9.17) is 0 Å². The molecule has 1 heterocycles. The van der Waals surface area contributed by atoms with Crippen molar-refractivity contribution in [3.63, 3.8) is 0 Å². The molecule has 0 amide bonds. The van der Waals surface area contributed by atoms with E-state index in [9.17, 15) is 15.0 Å². The molecule has 2 rings (SSSR count). The number of carbonyl (C=O) groups excluding carboxylic acids is 1. The standard InChI is InChI=1S/C11H12N2O4/c1-17-11(16)9(15)8(14)10-12-6-4-2-3-5-7(6)13-10/h2-5,8-9,14-15H,1H3,(H,12,13)/t8-,9+/m1/s1. The third-order valence-electron chi connectivity index (χ3n) is 2.43. The second-order valence-electron chi connectivity index (χ2n) is 3.55. The van der Waals surface area contributed by atoms with E-state index >= 15 is 0 Å². The van der Waals surface area contributed by atoms with Gasteiger partial charge in [-0.15, -0.1) is 0 Å². The zero-order valence-electron chi connectivity index (χ0n) is 9.12. The minimum absolute atomic E-state index is 0.129. The third kappa shape index (κ3) is 2.13. The summed E-state index contributed by atoms with van der Waals surface area (Å²) in [4.78, 5) is 18.0. The molecular weight excluding hydrogens is 224 g/mol. The Labute approximate surface area is 96.9 Å². The first kappa shape index (κ1) is 11.6. The summed E-state index contributed by atoms with van der Waals surface area (Å²) in [5.74, 6) is -0.776. The van der Waals surface area contributed by atoms with Crippen LogP contribution in [0.3, 0.4) is 0 Å². The van der Waals surface area contributed by atoms with Crippen molar-refractivity contribution in [1.29, 1.82) is 0 Å². The zero-order valence-corrected chi connectivity index (χ0v) is 9.12. The van der Waals surface area contributed by atoms with Crippen LogP contribution in [0.25, 0.3) is 11.0 Å². The topological polar surface area (TPSA) is 95.4 Å². The number of aromatic amines is 1. The van der Waals surface area contributed by atoms with Gasteiger partial charge >= 0.3 is 5.97 Å². The number of carbonyl (C=O) groups is 1. The van der Waals surface area contributed by atoms with E-state index in [1.807, 2.05) is 6.07 Å². The number of rotatable bonds is 3. The summed E-state index contributed by atoms with van der Waals surface area (Å²) < 4.78 is 4.34. The number of para-hydroxylation sites is 2. The first-order valence-electron chi connectivity index (χ1n) is 5.02. The van der Waals surface area contributed by atoms with Gasteiger partial charge < -0.3 is 19.9 Å². The number of methoxy groups -OCH3 is 1. The number of H-pyrrole nitrogens is 1. The first-order valence-corrected chi connectivity index (χ1v) is 5.02. The fraction of sp³-hybridized carbons (Fsp3) is 0.273. The average molecular weight is 236 g/mol. The maximum Gasteiger partial charge on any atom is 0.337 e. The molecule has 6 nitrogen and oxygen atoms in total. The summed E-state index contributed by atoms with van der Waals surface area (Å²) >= 11 is 0. The molecule has 0 aliphatic heterocycles. The minimum Gasteiger partial charge on any atom is -0.467 e. The third-order valence-corrected chi connectivity index (χ3v) is 2.43. The van der Waals surface area contributed by atoms with Crippen LogP contribution in [0.5, 0.6) is 0 Å². The van der Waals surface area contributed by atoms with Crippen LogP contribution in [-0.4, -0.2) is 39.4 Å². The Morgan fingerprint density at radius 3 is 2.76 bits per heavy atom. The maximum absolute atomic E-state index is 11.1. The number of fused-ring (bicyclic) bond motifs is 1.